The van der Waals surface area contributed by atoms with Gasteiger partial charge < -0.3 is 19.5 Å². The Bertz CT molecular complexity index is 1270. The molecule has 2 aromatic carbocycles. The van der Waals surface area contributed by atoms with E-state index in [-0.39, 0.29) is 30.3 Å². The first kappa shape index (κ1) is 19.5. The molecule has 3 aromatic heterocycles. The molecule has 8 nitrogen and oxygen atoms in total. The summed E-state index contributed by atoms with van der Waals surface area (Å²) in [6, 6.07) is 16.1. The molecule has 0 bridgehead atoms. The second-order valence-electron chi connectivity index (χ2n) is 6.33. The monoisotopic (exact) mass is 426 g/mol. The molecule has 0 saturated heterocycles. The first-order valence-corrected chi connectivity index (χ1v) is 8.85. The number of anilines is 3. The van der Waals surface area contributed by atoms with Crippen molar-refractivity contribution in [2.75, 3.05) is 10.6 Å². The van der Waals surface area contributed by atoms with E-state index >= 15 is 0 Å². The van der Waals surface area contributed by atoms with Crippen LogP contribution in [0.5, 0.6) is 0 Å². The van der Waals surface area contributed by atoms with Gasteiger partial charge in [-0.2, -0.15) is 5.10 Å². The first-order valence-electron chi connectivity index (χ1n) is 8.85. The van der Waals surface area contributed by atoms with E-state index in [1.165, 1.54) is 12.1 Å². The number of H-pyrrole nitrogens is 1. The molecule has 0 aliphatic heterocycles. The fourth-order valence-electron chi connectivity index (χ4n) is 2.99. The first-order chi connectivity index (χ1) is 14.2. The predicted molar refractivity (Wildman–Crippen MR) is 112 cm³/mol. The molecule has 0 aliphatic rings. The van der Waals surface area contributed by atoms with Crippen molar-refractivity contribution in [3.8, 4) is 11.5 Å². The minimum absolute atomic E-state index is 0. The molecule has 0 saturated carbocycles. The van der Waals surface area contributed by atoms with Gasteiger partial charge in [0.2, 0.25) is 0 Å². The number of nitrogens with zero attached hydrogens (tertiary/aromatic N) is 3. The Hall–Kier alpha value is -3.85. The summed E-state index contributed by atoms with van der Waals surface area (Å²) in [6.07, 6.45) is 1.61. The van der Waals surface area contributed by atoms with Gasteiger partial charge in [-0.25, -0.2) is 4.39 Å². The fraction of sp³-hybridized carbons (Fsp3) is 0.0500. The van der Waals surface area contributed by atoms with Gasteiger partial charge in [0.25, 0.3) is 0 Å². The lowest BCUT2D eigenvalue weighted by Gasteiger charge is -2.03. The number of halogens is 2. The van der Waals surface area contributed by atoms with Crippen molar-refractivity contribution in [3.05, 3.63) is 72.2 Å². The SMILES string of the molecule is Cl.Fc1cccc(CNc2nnc(Nc3ccc4[nH]nc(-c5ccco5)c4c3)o2)c1. The van der Waals surface area contributed by atoms with Gasteiger partial charge in [-0.05, 0) is 48.0 Å². The number of furan rings is 1. The molecule has 3 N–H and O–H groups in total. The molecule has 5 rings (SSSR count). The van der Waals surface area contributed by atoms with E-state index in [1.807, 2.05) is 36.4 Å². The molecular weight excluding hydrogens is 411 g/mol. The smallest absolute Gasteiger partial charge is 0.321 e. The highest BCUT2D eigenvalue weighted by molar-refractivity contribution is 5.94. The van der Waals surface area contributed by atoms with Gasteiger partial charge in [0, 0.05) is 17.6 Å². The van der Waals surface area contributed by atoms with Crippen molar-refractivity contribution >= 4 is 41.0 Å². The fourth-order valence-corrected chi connectivity index (χ4v) is 2.99. The summed E-state index contributed by atoms with van der Waals surface area (Å²) in [7, 11) is 0. The van der Waals surface area contributed by atoms with Gasteiger partial charge in [0.15, 0.2) is 5.76 Å². The quantitative estimate of drug-likeness (QED) is 0.346. The van der Waals surface area contributed by atoms with Crippen LogP contribution in [-0.4, -0.2) is 20.4 Å². The maximum Gasteiger partial charge on any atom is 0.321 e. The van der Waals surface area contributed by atoms with Gasteiger partial charge in [-0.1, -0.05) is 22.3 Å². The van der Waals surface area contributed by atoms with E-state index in [4.69, 9.17) is 8.83 Å². The lowest BCUT2D eigenvalue weighted by atomic mass is 10.1. The summed E-state index contributed by atoms with van der Waals surface area (Å²) in [5, 5.41) is 22.2. The second-order valence-corrected chi connectivity index (χ2v) is 6.33. The van der Waals surface area contributed by atoms with E-state index in [1.54, 1.807) is 12.3 Å². The Labute approximate surface area is 175 Å². The third-order valence-electron chi connectivity index (χ3n) is 4.33. The molecule has 0 radical (unpaired) electrons. The highest BCUT2D eigenvalue weighted by atomic mass is 35.5. The molecule has 0 amide bonds. The standard InChI is InChI=1S/C20H15FN6O2.ClH/c21-13-4-1-3-12(9-13)11-22-19-26-27-20(29-19)23-14-6-7-16-15(10-14)18(25-24-16)17-5-2-8-28-17;/h1-10H,11H2,(H,22,26)(H,23,27)(H,24,25);1H. The topological polar surface area (TPSA) is 105 Å². The van der Waals surface area contributed by atoms with Gasteiger partial charge in [0.1, 0.15) is 11.5 Å². The molecule has 0 aliphatic carbocycles. The number of nitrogens with one attached hydrogen (secondary N) is 3. The average molecular weight is 427 g/mol. The largest absolute Gasteiger partial charge is 0.463 e. The number of hydrogen-bond acceptors (Lipinski definition) is 7. The number of benzene rings is 2. The summed E-state index contributed by atoms with van der Waals surface area (Å²) in [4.78, 5) is 0. The van der Waals surface area contributed by atoms with Crippen LogP contribution in [0.15, 0.2) is 69.7 Å². The van der Waals surface area contributed by atoms with Crippen molar-refractivity contribution in [2.45, 2.75) is 6.54 Å². The molecule has 0 unspecified atom stereocenters. The van der Waals surface area contributed by atoms with E-state index in [9.17, 15) is 4.39 Å². The number of fused-ring (bicyclic) bond motifs is 1. The summed E-state index contributed by atoms with van der Waals surface area (Å²) < 4.78 is 24.2. The third-order valence-corrected chi connectivity index (χ3v) is 4.33. The maximum atomic E-state index is 13.2. The normalized spacial score (nSPS) is 10.7. The lowest BCUT2D eigenvalue weighted by Crippen LogP contribution is -1.99. The number of aromatic amines is 1. The molecule has 0 spiro atoms. The molecule has 10 heteroatoms. The molecule has 30 heavy (non-hydrogen) atoms. The minimum Gasteiger partial charge on any atom is -0.463 e. The molecular formula is C20H16ClFN6O2. The lowest BCUT2D eigenvalue weighted by molar-refractivity contribution is 0.580. The summed E-state index contributed by atoms with van der Waals surface area (Å²) in [6.45, 7) is 0.368. The summed E-state index contributed by atoms with van der Waals surface area (Å²) >= 11 is 0. The molecule has 0 fully saturated rings. The Morgan fingerprint density at radius 2 is 1.90 bits per heavy atom. The zero-order valence-electron chi connectivity index (χ0n) is 15.4. The summed E-state index contributed by atoms with van der Waals surface area (Å²) in [5.41, 5.74) is 3.13. The third kappa shape index (κ3) is 3.96. The van der Waals surface area contributed by atoms with Crippen LogP contribution in [0.4, 0.5) is 22.1 Å². The zero-order valence-corrected chi connectivity index (χ0v) is 16.2. The Balaban J connectivity index is 0.00000218. The highest BCUT2D eigenvalue weighted by Gasteiger charge is 2.12. The van der Waals surface area contributed by atoms with E-state index in [2.05, 4.69) is 31.0 Å². The van der Waals surface area contributed by atoms with Crippen molar-refractivity contribution in [1.29, 1.82) is 0 Å². The molecule has 0 atom stereocenters. The minimum atomic E-state index is -0.291. The number of hydrogen-bond donors (Lipinski definition) is 3. The van der Waals surface area contributed by atoms with Gasteiger partial charge in [-0.15, -0.1) is 12.4 Å². The Kier molecular flexibility index (Phi) is 5.36. The Morgan fingerprint density at radius 1 is 1.00 bits per heavy atom. The zero-order chi connectivity index (χ0) is 19.6. The number of rotatable bonds is 6. The predicted octanol–water partition coefficient (Wildman–Crippen LogP) is 5.12. The van der Waals surface area contributed by atoms with Crippen LogP contribution >= 0.6 is 12.4 Å². The maximum absolute atomic E-state index is 13.2. The van der Waals surface area contributed by atoms with E-state index in [0.29, 0.717) is 12.3 Å². The van der Waals surface area contributed by atoms with Crippen molar-refractivity contribution in [1.82, 2.24) is 20.4 Å². The molecule has 3 heterocycles. The van der Waals surface area contributed by atoms with E-state index < -0.39 is 0 Å². The van der Waals surface area contributed by atoms with Crippen LogP contribution in [0.2, 0.25) is 0 Å². The van der Waals surface area contributed by atoms with Crippen LogP contribution in [0.1, 0.15) is 5.56 Å². The van der Waals surface area contributed by atoms with Gasteiger partial charge >= 0.3 is 12.0 Å². The van der Waals surface area contributed by atoms with Crippen molar-refractivity contribution < 1.29 is 13.2 Å². The Morgan fingerprint density at radius 3 is 2.73 bits per heavy atom. The number of aromatic nitrogens is 4. The van der Waals surface area contributed by atoms with Gasteiger partial charge in [0.05, 0.1) is 11.8 Å². The van der Waals surface area contributed by atoms with Gasteiger partial charge in [-0.3, -0.25) is 5.10 Å². The molecule has 152 valence electrons. The van der Waals surface area contributed by atoms with Crippen LogP contribution in [-0.2, 0) is 6.54 Å². The van der Waals surface area contributed by atoms with Crippen molar-refractivity contribution in [2.24, 2.45) is 0 Å². The van der Waals surface area contributed by atoms with Crippen molar-refractivity contribution in [3.63, 3.8) is 0 Å². The highest BCUT2D eigenvalue weighted by Crippen LogP contribution is 2.29. The average Bonchev–Trinajstić information content (AvgIpc) is 3.47. The van der Waals surface area contributed by atoms with Crippen LogP contribution < -0.4 is 10.6 Å². The van der Waals surface area contributed by atoms with Crippen LogP contribution in [0.3, 0.4) is 0 Å². The summed E-state index contributed by atoms with van der Waals surface area (Å²) in [5.74, 6) is 0.385. The second kappa shape index (κ2) is 8.26. The molecule has 5 aromatic rings. The van der Waals surface area contributed by atoms with Crippen LogP contribution in [0, 0.1) is 5.82 Å². The van der Waals surface area contributed by atoms with Crippen LogP contribution in [0.25, 0.3) is 22.4 Å². The van der Waals surface area contributed by atoms with E-state index in [0.717, 1.165) is 27.8 Å².